The Morgan fingerprint density at radius 3 is 2.58 bits per heavy atom. The highest BCUT2D eigenvalue weighted by Crippen LogP contribution is 2.32. The predicted octanol–water partition coefficient (Wildman–Crippen LogP) is 4.17. The molecule has 0 aliphatic heterocycles. The van der Waals surface area contributed by atoms with Gasteiger partial charge in [-0.3, -0.25) is 9.48 Å². The number of hydrogen-bond acceptors (Lipinski definition) is 3. The van der Waals surface area contributed by atoms with Crippen molar-refractivity contribution in [3.63, 3.8) is 0 Å². The molecule has 2 aromatic heterocycles. The minimum Gasteiger partial charge on any atom is -0.318 e. The van der Waals surface area contributed by atoms with Crippen molar-refractivity contribution in [3.8, 4) is 5.69 Å². The fourth-order valence-corrected chi connectivity index (χ4v) is 3.39. The Morgan fingerprint density at radius 2 is 1.92 bits per heavy atom. The molecule has 1 fully saturated rings. The van der Waals surface area contributed by atoms with E-state index in [1.54, 1.807) is 18.5 Å². The molecule has 4 rings (SSSR count). The Bertz CT molecular complexity index is 905. The second-order valence-electron chi connectivity index (χ2n) is 7.05. The number of benzene rings is 1. The lowest BCUT2D eigenvalue weighted by molar-refractivity contribution is 0.100. The number of para-hydroxylation sites is 1. The summed E-state index contributed by atoms with van der Waals surface area (Å²) >= 11 is 0. The van der Waals surface area contributed by atoms with Crippen molar-refractivity contribution in [1.29, 1.82) is 0 Å². The molecule has 1 aromatic carbocycles. The van der Waals surface area contributed by atoms with Crippen molar-refractivity contribution in [2.24, 2.45) is 0 Å². The van der Waals surface area contributed by atoms with E-state index in [0.29, 0.717) is 11.7 Å². The first-order valence-corrected chi connectivity index (χ1v) is 9.13. The average Bonchev–Trinajstić information content (AvgIpc) is 3.21. The van der Waals surface area contributed by atoms with Crippen LogP contribution in [0, 0.1) is 0 Å². The van der Waals surface area contributed by atoms with E-state index < -0.39 is 0 Å². The lowest BCUT2D eigenvalue weighted by Crippen LogP contribution is -2.25. The van der Waals surface area contributed by atoms with Gasteiger partial charge in [-0.1, -0.05) is 32.0 Å². The van der Waals surface area contributed by atoms with E-state index in [9.17, 15) is 4.79 Å². The van der Waals surface area contributed by atoms with E-state index >= 15 is 0 Å². The van der Waals surface area contributed by atoms with Gasteiger partial charge in [0.15, 0.2) is 0 Å². The van der Waals surface area contributed by atoms with Crippen molar-refractivity contribution in [3.05, 3.63) is 60.2 Å². The van der Waals surface area contributed by atoms with Crippen LogP contribution in [0.15, 0.2) is 48.8 Å². The molecule has 0 saturated heterocycles. The maximum atomic E-state index is 12.9. The zero-order valence-corrected chi connectivity index (χ0v) is 15.1. The molecule has 26 heavy (non-hydrogen) atoms. The Morgan fingerprint density at radius 1 is 1.15 bits per heavy atom. The van der Waals surface area contributed by atoms with Crippen LogP contribution in [0.2, 0.25) is 0 Å². The van der Waals surface area contributed by atoms with Gasteiger partial charge >= 0.3 is 0 Å². The van der Waals surface area contributed by atoms with E-state index in [4.69, 9.17) is 0 Å². The third-order valence-corrected chi connectivity index (χ3v) is 4.93. The van der Waals surface area contributed by atoms with Gasteiger partial charge in [-0.15, -0.1) is 0 Å². The SMILES string of the molecule is CC(C)c1c(NC(=O)c2ccnn2C2CCC2)cnn1-c1ccccc1. The second-order valence-corrected chi connectivity index (χ2v) is 7.05. The van der Waals surface area contributed by atoms with Gasteiger partial charge < -0.3 is 5.32 Å². The number of nitrogens with one attached hydrogen (secondary N) is 1. The van der Waals surface area contributed by atoms with Crippen molar-refractivity contribution >= 4 is 11.6 Å². The summed E-state index contributed by atoms with van der Waals surface area (Å²) in [6.45, 7) is 4.20. The van der Waals surface area contributed by atoms with Gasteiger partial charge in [-0.2, -0.15) is 10.2 Å². The van der Waals surface area contributed by atoms with Crippen LogP contribution >= 0.6 is 0 Å². The van der Waals surface area contributed by atoms with Gasteiger partial charge in [0, 0.05) is 6.20 Å². The molecule has 0 unspecified atom stereocenters. The fraction of sp³-hybridized carbons (Fsp3) is 0.350. The molecule has 2 heterocycles. The lowest BCUT2D eigenvalue weighted by atomic mass is 9.93. The molecule has 1 aliphatic carbocycles. The number of nitrogens with zero attached hydrogens (tertiary/aromatic N) is 4. The van der Waals surface area contributed by atoms with Crippen LogP contribution in [-0.4, -0.2) is 25.5 Å². The summed E-state index contributed by atoms with van der Waals surface area (Å²) in [7, 11) is 0. The van der Waals surface area contributed by atoms with Crippen molar-refractivity contribution in [2.45, 2.75) is 45.1 Å². The summed E-state index contributed by atoms with van der Waals surface area (Å²) < 4.78 is 3.75. The van der Waals surface area contributed by atoms with Gasteiger partial charge in [-0.25, -0.2) is 4.68 Å². The quantitative estimate of drug-likeness (QED) is 0.752. The number of rotatable bonds is 5. The molecule has 0 bridgehead atoms. The second kappa shape index (κ2) is 6.78. The maximum Gasteiger partial charge on any atom is 0.274 e. The van der Waals surface area contributed by atoms with Gasteiger partial charge in [0.1, 0.15) is 5.69 Å². The van der Waals surface area contributed by atoms with Crippen LogP contribution in [0.5, 0.6) is 0 Å². The van der Waals surface area contributed by atoms with Crippen LogP contribution in [-0.2, 0) is 0 Å². The molecular weight excluding hydrogens is 326 g/mol. The molecule has 1 amide bonds. The van der Waals surface area contributed by atoms with Crippen LogP contribution in [0.25, 0.3) is 5.69 Å². The molecule has 3 aromatic rings. The summed E-state index contributed by atoms with van der Waals surface area (Å²) in [6.07, 6.45) is 6.80. The number of amides is 1. The molecule has 1 saturated carbocycles. The standard InChI is InChI=1S/C20H23N5O/c1-14(2)19-17(13-22-25(19)16-7-4-3-5-8-16)23-20(26)18-11-12-21-24(18)15-9-6-10-15/h3-5,7-8,11-15H,6,9-10H2,1-2H3,(H,23,26). The van der Waals surface area contributed by atoms with Crippen LogP contribution < -0.4 is 5.32 Å². The van der Waals surface area contributed by atoms with Gasteiger partial charge in [0.05, 0.1) is 29.3 Å². The molecule has 0 radical (unpaired) electrons. The summed E-state index contributed by atoms with van der Waals surface area (Å²) in [5, 5.41) is 11.9. The number of aromatic nitrogens is 4. The normalized spacial score (nSPS) is 14.4. The predicted molar refractivity (Wildman–Crippen MR) is 101 cm³/mol. The minimum atomic E-state index is -0.135. The molecule has 0 spiro atoms. The highest BCUT2D eigenvalue weighted by molar-refractivity contribution is 6.03. The smallest absolute Gasteiger partial charge is 0.274 e. The first-order chi connectivity index (χ1) is 12.6. The van der Waals surface area contributed by atoms with Gasteiger partial charge in [-0.05, 0) is 43.4 Å². The molecule has 6 heteroatoms. The zero-order valence-electron chi connectivity index (χ0n) is 15.1. The number of anilines is 1. The van der Waals surface area contributed by atoms with Gasteiger partial charge in [0.2, 0.25) is 0 Å². The third-order valence-electron chi connectivity index (χ3n) is 4.93. The number of carbonyl (C=O) groups excluding carboxylic acids is 1. The minimum absolute atomic E-state index is 0.135. The summed E-state index contributed by atoms with van der Waals surface area (Å²) in [4.78, 5) is 12.9. The monoisotopic (exact) mass is 349 g/mol. The van der Waals surface area contributed by atoms with E-state index in [0.717, 1.165) is 29.9 Å². The Hall–Kier alpha value is -2.89. The van der Waals surface area contributed by atoms with Crippen LogP contribution in [0.3, 0.4) is 0 Å². The molecule has 0 atom stereocenters. The van der Waals surface area contributed by atoms with Crippen LogP contribution in [0.1, 0.15) is 61.3 Å². The molecule has 134 valence electrons. The topological polar surface area (TPSA) is 64.7 Å². The van der Waals surface area contributed by atoms with Crippen molar-refractivity contribution < 1.29 is 4.79 Å². The summed E-state index contributed by atoms with van der Waals surface area (Å²) in [5.41, 5.74) is 3.32. The number of carbonyl (C=O) groups is 1. The summed E-state index contributed by atoms with van der Waals surface area (Å²) in [6, 6.07) is 12.1. The lowest BCUT2D eigenvalue weighted by Gasteiger charge is -2.27. The highest BCUT2D eigenvalue weighted by atomic mass is 16.2. The average molecular weight is 349 g/mol. The Labute approximate surface area is 152 Å². The fourth-order valence-electron chi connectivity index (χ4n) is 3.39. The molecule has 1 aliphatic rings. The van der Waals surface area contributed by atoms with Crippen LogP contribution in [0.4, 0.5) is 5.69 Å². The van der Waals surface area contributed by atoms with E-state index in [1.165, 1.54) is 6.42 Å². The van der Waals surface area contributed by atoms with E-state index in [2.05, 4.69) is 29.4 Å². The van der Waals surface area contributed by atoms with Crippen molar-refractivity contribution in [2.75, 3.05) is 5.32 Å². The highest BCUT2D eigenvalue weighted by Gasteiger charge is 2.25. The Kier molecular flexibility index (Phi) is 4.32. The van der Waals surface area contributed by atoms with E-state index in [1.807, 2.05) is 39.7 Å². The Balaban J connectivity index is 1.63. The zero-order chi connectivity index (χ0) is 18.1. The summed E-state index contributed by atoms with van der Waals surface area (Å²) in [5.74, 6) is 0.0773. The molecule has 1 N–H and O–H groups in total. The van der Waals surface area contributed by atoms with Gasteiger partial charge in [0.25, 0.3) is 5.91 Å². The first kappa shape index (κ1) is 16.6. The maximum absolute atomic E-state index is 12.9. The molecule has 6 nitrogen and oxygen atoms in total. The van der Waals surface area contributed by atoms with Crippen molar-refractivity contribution in [1.82, 2.24) is 19.6 Å². The van der Waals surface area contributed by atoms with E-state index in [-0.39, 0.29) is 11.8 Å². The first-order valence-electron chi connectivity index (χ1n) is 9.13. The number of hydrogen-bond donors (Lipinski definition) is 1. The third kappa shape index (κ3) is 2.92. The largest absolute Gasteiger partial charge is 0.318 e. The molecular formula is C20H23N5O.